The second-order valence-electron chi connectivity index (χ2n) is 2.92. The Morgan fingerprint density at radius 1 is 1.60 bits per heavy atom. The van der Waals surface area contributed by atoms with Crippen LogP contribution in [0.5, 0.6) is 0 Å². The topological polar surface area (TPSA) is 108 Å². The largest absolute Gasteiger partial charge is 0.390 e. The molecule has 0 atom stereocenters. The highest BCUT2D eigenvalue weighted by atomic mass is 32.1. The number of aromatic nitrogens is 2. The highest BCUT2D eigenvalue weighted by Crippen LogP contribution is 2.32. The van der Waals surface area contributed by atoms with E-state index in [0.29, 0.717) is 10.6 Å². The van der Waals surface area contributed by atoms with E-state index in [-0.39, 0.29) is 11.7 Å². The molecular weight excluding hydrogens is 216 g/mol. The van der Waals surface area contributed by atoms with Crippen molar-refractivity contribution in [3.63, 3.8) is 0 Å². The van der Waals surface area contributed by atoms with Gasteiger partial charge in [0.1, 0.15) is 0 Å². The first-order valence-electron chi connectivity index (χ1n) is 4.07. The lowest BCUT2D eigenvalue weighted by Gasteiger charge is -1.88. The van der Waals surface area contributed by atoms with E-state index in [0.717, 1.165) is 4.88 Å². The Labute approximate surface area is 88.9 Å². The molecule has 0 fully saturated rings. The summed E-state index contributed by atoms with van der Waals surface area (Å²) in [4.78, 5) is 15.6. The minimum Gasteiger partial charge on any atom is -0.390 e. The summed E-state index contributed by atoms with van der Waals surface area (Å²) < 4.78 is 4.87. The van der Waals surface area contributed by atoms with Crippen LogP contribution in [0.3, 0.4) is 0 Å². The third-order valence-electron chi connectivity index (χ3n) is 1.76. The summed E-state index contributed by atoms with van der Waals surface area (Å²) in [6, 6.07) is 1.82. The van der Waals surface area contributed by atoms with Gasteiger partial charge in [0.25, 0.3) is 17.6 Å². The standard InChI is InChI=1S/C8H8N4O2S/c1-3-2-4(6(10)15-3)8-11-7(5(9)13)12-14-8/h2H,10H2,1H3,(H2,9,13). The van der Waals surface area contributed by atoms with Crippen molar-refractivity contribution in [2.24, 2.45) is 5.73 Å². The fraction of sp³-hybridized carbons (Fsp3) is 0.125. The molecule has 0 saturated carbocycles. The lowest BCUT2D eigenvalue weighted by Crippen LogP contribution is -2.12. The van der Waals surface area contributed by atoms with Crippen molar-refractivity contribution < 1.29 is 9.32 Å². The number of primary amides is 1. The highest BCUT2D eigenvalue weighted by molar-refractivity contribution is 7.16. The van der Waals surface area contributed by atoms with Crippen LogP contribution in [0.2, 0.25) is 0 Å². The minimum absolute atomic E-state index is 0.145. The average Bonchev–Trinajstić information content (AvgIpc) is 2.71. The summed E-state index contributed by atoms with van der Waals surface area (Å²) in [6.45, 7) is 1.91. The van der Waals surface area contributed by atoms with Crippen LogP contribution in [0.1, 0.15) is 15.5 Å². The van der Waals surface area contributed by atoms with Gasteiger partial charge in [-0.2, -0.15) is 4.98 Å². The minimum atomic E-state index is -0.726. The zero-order valence-electron chi connectivity index (χ0n) is 7.85. The number of hydrogen-bond acceptors (Lipinski definition) is 6. The molecule has 0 unspecified atom stereocenters. The molecule has 15 heavy (non-hydrogen) atoms. The normalized spacial score (nSPS) is 10.5. The summed E-state index contributed by atoms with van der Waals surface area (Å²) in [5, 5.41) is 4.01. The number of thiophene rings is 1. The van der Waals surface area contributed by atoms with E-state index in [1.807, 2.05) is 13.0 Å². The van der Waals surface area contributed by atoms with Gasteiger partial charge in [0.2, 0.25) is 0 Å². The van der Waals surface area contributed by atoms with Gasteiger partial charge >= 0.3 is 0 Å². The van der Waals surface area contributed by atoms with Crippen molar-refractivity contribution in [3.8, 4) is 11.5 Å². The van der Waals surface area contributed by atoms with Gasteiger partial charge < -0.3 is 16.0 Å². The number of hydrogen-bond donors (Lipinski definition) is 2. The number of rotatable bonds is 2. The van der Waals surface area contributed by atoms with Gasteiger partial charge in [-0.05, 0) is 13.0 Å². The maximum absolute atomic E-state index is 10.7. The smallest absolute Gasteiger partial charge is 0.290 e. The third kappa shape index (κ3) is 1.68. The summed E-state index contributed by atoms with van der Waals surface area (Å²) in [5.41, 5.74) is 11.4. The lowest BCUT2D eigenvalue weighted by molar-refractivity contribution is 0.0987. The van der Waals surface area contributed by atoms with Crippen molar-refractivity contribution in [2.75, 3.05) is 5.73 Å². The van der Waals surface area contributed by atoms with Gasteiger partial charge in [0, 0.05) is 4.88 Å². The second kappa shape index (κ2) is 3.35. The SMILES string of the molecule is Cc1cc(-c2nc(C(N)=O)no2)c(N)s1. The van der Waals surface area contributed by atoms with Gasteiger partial charge in [-0.3, -0.25) is 4.79 Å². The van der Waals surface area contributed by atoms with Gasteiger partial charge in [-0.1, -0.05) is 5.16 Å². The molecule has 0 spiro atoms. The Balaban J connectivity index is 2.45. The Morgan fingerprint density at radius 2 is 2.33 bits per heavy atom. The van der Waals surface area contributed by atoms with E-state index >= 15 is 0 Å². The predicted molar refractivity (Wildman–Crippen MR) is 55.3 cm³/mol. The summed E-state index contributed by atoms with van der Waals surface area (Å²) >= 11 is 1.42. The van der Waals surface area contributed by atoms with Crippen molar-refractivity contribution in [3.05, 3.63) is 16.8 Å². The van der Waals surface area contributed by atoms with E-state index < -0.39 is 5.91 Å². The Morgan fingerprint density at radius 3 is 2.80 bits per heavy atom. The summed E-state index contributed by atoms with van der Waals surface area (Å²) in [7, 11) is 0. The molecule has 0 aliphatic rings. The van der Waals surface area contributed by atoms with Crippen LogP contribution >= 0.6 is 11.3 Å². The van der Waals surface area contributed by atoms with E-state index in [1.165, 1.54) is 11.3 Å². The predicted octanol–water partition coefficient (Wildman–Crippen LogP) is 0.788. The molecular formula is C8H8N4O2S. The molecule has 0 radical (unpaired) electrons. The third-order valence-corrected chi connectivity index (χ3v) is 2.64. The molecule has 0 saturated heterocycles. The number of carbonyl (C=O) groups excluding carboxylic acids is 1. The quantitative estimate of drug-likeness (QED) is 0.783. The Bertz CT molecular complexity index is 516. The van der Waals surface area contributed by atoms with Gasteiger partial charge in [-0.15, -0.1) is 11.3 Å². The first-order valence-corrected chi connectivity index (χ1v) is 4.89. The number of nitrogens with two attached hydrogens (primary N) is 2. The van der Waals surface area contributed by atoms with Gasteiger partial charge in [0.05, 0.1) is 10.6 Å². The molecule has 2 aromatic rings. The molecule has 2 aromatic heterocycles. The number of anilines is 1. The van der Waals surface area contributed by atoms with Crippen molar-refractivity contribution in [1.29, 1.82) is 0 Å². The molecule has 0 bridgehead atoms. The average molecular weight is 224 g/mol. The van der Waals surface area contributed by atoms with Crippen molar-refractivity contribution in [2.45, 2.75) is 6.92 Å². The maximum Gasteiger partial charge on any atom is 0.290 e. The van der Waals surface area contributed by atoms with Crippen LogP contribution in [-0.4, -0.2) is 16.0 Å². The number of nitrogens with zero attached hydrogens (tertiary/aromatic N) is 2. The fourth-order valence-electron chi connectivity index (χ4n) is 1.13. The Hall–Kier alpha value is -1.89. The van der Waals surface area contributed by atoms with Crippen LogP contribution in [0, 0.1) is 6.92 Å². The molecule has 7 heteroatoms. The van der Waals surface area contributed by atoms with Crippen LogP contribution in [0.4, 0.5) is 5.00 Å². The monoisotopic (exact) mass is 224 g/mol. The summed E-state index contributed by atoms with van der Waals surface area (Å²) in [6.07, 6.45) is 0. The number of carbonyl (C=O) groups is 1. The van der Waals surface area contributed by atoms with Crippen LogP contribution in [0.15, 0.2) is 10.6 Å². The van der Waals surface area contributed by atoms with E-state index in [1.54, 1.807) is 0 Å². The number of amides is 1. The summed E-state index contributed by atoms with van der Waals surface area (Å²) in [5.74, 6) is -0.658. The van der Waals surface area contributed by atoms with E-state index in [2.05, 4.69) is 10.1 Å². The zero-order valence-corrected chi connectivity index (χ0v) is 8.67. The molecule has 2 rings (SSSR count). The second-order valence-corrected chi connectivity index (χ2v) is 4.21. The molecule has 0 aliphatic heterocycles. The highest BCUT2D eigenvalue weighted by Gasteiger charge is 2.16. The van der Waals surface area contributed by atoms with Crippen molar-refractivity contribution in [1.82, 2.24) is 10.1 Å². The van der Waals surface area contributed by atoms with Gasteiger partial charge in [0.15, 0.2) is 0 Å². The van der Waals surface area contributed by atoms with E-state index in [9.17, 15) is 4.79 Å². The zero-order chi connectivity index (χ0) is 11.0. The lowest BCUT2D eigenvalue weighted by atomic mass is 10.3. The number of nitrogen functional groups attached to an aromatic ring is 1. The molecule has 2 heterocycles. The maximum atomic E-state index is 10.7. The molecule has 0 aliphatic carbocycles. The first-order chi connectivity index (χ1) is 7.08. The molecule has 4 N–H and O–H groups in total. The van der Waals surface area contributed by atoms with Crippen molar-refractivity contribution >= 4 is 22.2 Å². The van der Waals surface area contributed by atoms with Crippen LogP contribution < -0.4 is 11.5 Å². The first kappa shape index (κ1) is 9.66. The molecule has 0 aromatic carbocycles. The van der Waals surface area contributed by atoms with Crippen LogP contribution in [-0.2, 0) is 0 Å². The number of aryl methyl sites for hydroxylation is 1. The Kier molecular flexibility index (Phi) is 2.16. The molecule has 6 nitrogen and oxygen atoms in total. The van der Waals surface area contributed by atoms with Gasteiger partial charge in [-0.25, -0.2) is 0 Å². The fourth-order valence-corrected chi connectivity index (χ4v) is 1.91. The van der Waals surface area contributed by atoms with E-state index in [4.69, 9.17) is 16.0 Å². The van der Waals surface area contributed by atoms with Crippen LogP contribution in [0.25, 0.3) is 11.5 Å². The molecule has 1 amide bonds. The molecule has 78 valence electrons.